The summed E-state index contributed by atoms with van der Waals surface area (Å²) < 4.78 is 5.95. The van der Waals surface area contributed by atoms with E-state index in [0.29, 0.717) is 24.6 Å². The van der Waals surface area contributed by atoms with Gasteiger partial charge in [-0.3, -0.25) is 4.90 Å². The van der Waals surface area contributed by atoms with E-state index in [9.17, 15) is 5.11 Å². The molecule has 0 aliphatic carbocycles. The van der Waals surface area contributed by atoms with Crippen LogP contribution in [0.25, 0.3) is 11.5 Å². The van der Waals surface area contributed by atoms with Crippen LogP contribution in [0.3, 0.4) is 0 Å². The highest BCUT2D eigenvalue weighted by atomic mass is 16.4. The van der Waals surface area contributed by atoms with Crippen LogP contribution in [0.1, 0.15) is 42.7 Å². The molecule has 0 amide bonds. The van der Waals surface area contributed by atoms with E-state index in [2.05, 4.69) is 30.0 Å². The molecule has 3 atom stereocenters. The van der Waals surface area contributed by atoms with E-state index in [1.807, 2.05) is 13.0 Å². The zero-order chi connectivity index (χ0) is 16.7. The third-order valence-corrected chi connectivity index (χ3v) is 5.73. The normalized spacial score (nSPS) is 26.9. The maximum absolute atomic E-state index is 9.48. The van der Waals surface area contributed by atoms with Crippen molar-refractivity contribution in [2.75, 3.05) is 6.61 Å². The third-order valence-electron chi connectivity index (χ3n) is 5.73. The Morgan fingerprint density at radius 1 is 1.21 bits per heavy atom. The standard InChI is InChI=1S/C20H26N2O2/c1-13-4-3-5-16(8-13)20-21-19(14(2)24-20)11-22-17-6-7-18(22)10-15(9-17)12-23/h3-5,8,15,17-18,23H,6-7,9-12H2,1-2H3/t15?,17-,18+. The van der Waals surface area contributed by atoms with E-state index in [0.717, 1.165) is 42.3 Å². The van der Waals surface area contributed by atoms with Gasteiger partial charge in [-0.2, -0.15) is 0 Å². The molecule has 1 N–H and O–H groups in total. The van der Waals surface area contributed by atoms with Crippen molar-refractivity contribution in [2.45, 2.75) is 58.2 Å². The Hall–Kier alpha value is -1.65. The molecule has 128 valence electrons. The lowest BCUT2D eigenvalue weighted by molar-refractivity contribution is 0.0672. The quantitative estimate of drug-likeness (QED) is 0.931. The van der Waals surface area contributed by atoms with Gasteiger partial charge in [0.1, 0.15) is 5.76 Å². The molecule has 0 saturated carbocycles. The van der Waals surface area contributed by atoms with Crippen LogP contribution in [0.2, 0.25) is 0 Å². The summed E-state index contributed by atoms with van der Waals surface area (Å²) in [6.07, 6.45) is 4.74. The summed E-state index contributed by atoms with van der Waals surface area (Å²) >= 11 is 0. The van der Waals surface area contributed by atoms with Crippen LogP contribution in [-0.4, -0.2) is 33.7 Å². The number of piperidine rings is 1. The van der Waals surface area contributed by atoms with Crippen LogP contribution >= 0.6 is 0 Å². The Labute approximate surface area is 143 Å². The van der Waals surface area contributed by atoms with Gasteiger partial charge in [-0.05, 0) is 57.6 Å². The molecule has 2 bridgehead atoms. The molecule has 1 aromatic carbocycles. The van der Waals surface area contributed by atoms with Gasteiger partial charge in [0.05, 0.1) is 5.69 Å². The first-order chi connectivity index (χ1) is 11.6. The molecular formula is C20H26N2O2. The summed E-state index contributed by atoms with van der Waals surface area (Å²) in [6.45, 7) is 5.31. The molecule has 2 fully saturated rings. The second kappa shape index (κ2) is 6.34. The summed E-state index contributed by atoms with van der Waals surface area (Å²) in [5.41, 5.74) is 3.33. The maximum atomic E-state index is 9.48. The number of aryl methyl sites for hydroxylation is 2. The number of hydrogen-bond acceptors (Lipinski definition) is 4. The molecule has 3 heterocycles. The molecule has 2 saturated heterocycles. The fourth-order valence-electron chi connectivity index (χ4n) is 4.44. The van der Waals surface area contributed by atoms with E-state index in [1.54, 1.807) is 0 Å². The van der Waals surface area contributed by atoms with Crippen LogP contribution in [0.5, 0.6) is 0 Å². The Bertz CT molecular complexity index is 710. The minimum absolute atomic E-state index is 0.335. The van der Waals surface area contributed by atoms with Crippen LogP contribution in [-0.2, 0) is 6.54 Å². The Morgan fingerprint density at radius 3 is 2.62 bits per heavy atom. The van der Waals surface area contributed by atoms with E-state index >= 15 is 0 Å². The van der Waals surface area contributed by atoms with Crippen molar-refractivity contribution < 1.29 is 9.52 Å². The lowest BCUT2D eigenvalue weighted by Gasteiger charge is -2.38. The summed E-state index contributed by atoms with van der Waals surface area (Å²) in [5.74, 6) is 2.14. The topological polar surface area (TPSA) is 49.5 Å². The van der Waals surface area contributed by atoms with Gasteiger partial charge in [-0.15, -0.1) is 0 Å². The molecule has 4 nitrogen and oxygen atoms in total. The molecule has 4 heteroatoms. The van der Waals surface area contributed by atoms with Crippen molar-refractivity contribution in [3.8, 4) is 11.5 Å². The number of nitrogens with zero attached hydrogens (tertiary/aromatic N) is 2. The molecule has 2 aliphatic heterocycles. The molecule has 24 heavy (non-hydrogen) atoms. The van der Waals surface area contributed by atoms with Gasteiger partial charge < -0.3 is 9.52 Å². The minimum Gasteiger partial charge on any atom is -0.441 e. The molecule has 0 spiro atoms. The van der Waals surface area contributed by atoms with Crippen LogP contribution in [0.15, 0.2) is 28.7 Å². The van der Waals surface area contributed by atoms with E-state index < -0.39 is 0 Å². The number of fused-ring (bicyclic) bond motifs is 2. The van der Waals surface area contributed by atoms with Gasteiger partial charge >= 0.3 is 0 Å². The Balaban J connectivity index is 1.54. The van der Waals surface area contributed by atoms with Crippen molar-refractivity contribution in [3.63, 3.8) is 0 Å². The van der Waals surface area contributed by atoms with E-state index in [4.69, 9.17) is 9.40 Å². The minimum atomic E-state index is 0.335. The number of aliphatic hydroxyl groups excluding tert-OH is 1. The fourth-order valence-corrected chi connectivity index (χ4v) is 4.44. The number of benzene rings is 1. The predicted octanol–water partition coefficient (Wildman–Crippen LogP) is 3.69. The average molecular weight is 326 g/mol. The lowest BCUT2D eigenvalue weighted by Crippen LogP contribution is -2.43. The highest BCUT2D eigenvalue weighted by Gasteiger charge is 2.40. The van der Waals surface area contributed by atoms with Gasteiger partial charge in [-0.25, -0.2) is 4.98 Å². The first-order valence-electron chi connectivity index (χ1n) is 9.04. The average Bonchev–Trinajstić information content (AvgIpc) is 3.04. The lowest BCUT2D eigenvalue weighted by atomic mass is 9.91. The van der Waals surface area contributed by atoms with Gasteiger partial charge in [-0.1, -0.05) is 17.7 Å². The van der Waals surface area contributed by atoms with Gasteiger partial charge in [0.15, 0.2) is 0 Å². The molecule has 2 aromatic rings. The number of hydrogen-bond donors (Lipinski definition) is 1. The molecule has 2 aliphatic rings. The van der Waals surface area contributed by atoms with Crippen LogP contribution < -0.4 is 0 Å². The van der Waals surface area contributed by atoms with Crippen LogP contribution in [0.4, 0.5) is 0 Å². The van der Waals surface area contributed by atoms with E-state index in [1.165, 1.54) is 18.4 Å². The van der Waals surface area contributed by atoms with Crippen molar-refractivity contribution in [3.05, 3.63) is 41.3 Å². The number of rotatable bonds is 4. The highest BCUT2D eigenvalue weighted by molar-refractivity contribution is 5.54. The first-order valence-corrected chi connectivity index (χ1v) is 9.04. The smallest absolute Gasteiger partial charge is 0.226 e. The number of aliphatic hydroxyl groups is 1. The van der Waals surface area contributed by atoms with Gasteiger partial charge in [0.2, 0.25) is 5.89 Å². The Morgan fingerprint density at radius 2 is 1.96 bits per heavy atom. The summed E-state index contributed by atoms with van der Waals surface area (Å²) in [6, 6.07) is 9.50. The Kier molecular flexibility index (Phi) is 4.19. The van der Waals surface area contributed by atoms with Crippen molar-refractivity contribution in [1.82, 2.24) is 9.88 Å². The van der Waals surface area contributed by atoms with Gasteiger partial charge in [0.25, 0.3) is 0 Å². The predicted molar refractivity (Wildman–Crippen MR) is 93.6 cm³/mol. The highest BCUT2D eigenvalue weighted by Crippen LogP contribution is 2.39. The van der Waals surface area contributed by atoms with Crippen molar-refractivity contribution in [2.24, 2.45) is 5.92 Å². The second-order valence-electron chi connectivity index (χ2n) is 7.47. The molecule has 0 radical (unpaired) electrons. The molecule has 1 aromatic heterocycles. The maximum Gasteiger partial charge on any atom is 0.226 e. The molecular weight excluding hydrogens is 300 g/mol. The zero-order valence-electron chi connectivity index (χ0n) is 14.5. The first kappa shape index (κ1) is 15.9. The summed E-state index contributed by atoms with van der Waals surface area (Å²) in [5, 5.41) is 9.48. The molecule has 1 unspecified atom stereocenters. The number of aromatic nitrogens is 1. The fraction of sp³-hybridized carbons (Fsp3) is 0.550. The van der Waals surface area contributed by atoms with Crippen LogP contribution in [0, 0.1) is 19.8 Å². The zero-order valence-corrected chi connectivity index (χ0v) is 14.5. The van der Waals surface area contributed by atoms with Gasteiger partial charge in [0, 0.05) is 30.8 Å². The molecule has 4 rings (SSSR count). The summed E-state index contributed by atoms with van der Waals surface area (Å²) in [7, 11) is 0. The third kappa shape index (κ3) is 2.89. The second-order valence-corrected chi connectivity index (χ2v) is 7.47. The van der Waals surface area contributed by atoms with Crippen molar-refractivity contribution in [1.29, 1.82) is 0 Å². The van der Waals surface area contributed by atoms with Crippen molar-refractivity contribution >= 4 is 0 Å². The van der Waals surface area contributed by atoms with E-state index in [-0.39, 0.29) is 0 Å². The largest absolute Gasteiger partial charge is 0.441 e. The monoisotopic (exact) mass is 326 g/mol. The number of oxazole rings is 1. The summed E-state index contributed by atoms with van der Waals surface area (Å²) in [4.78, 5) is 7.39. The SMILES string of the molecule is Cc1cccc(-c2nc(CN3[C@@H]4CC[C@H]3CC(CO)C4)c(C)o2)c1.